The Bertz CT molecular complexity index is 1400. The molecule has 1 aliphatic rings. The number of hydrogen-bond acceptors (Lipinski definition) is 7. The Morgan fingerprint density at radius 1 is 1.15 bits per heavy atom. The Kier molecular flexibility index (Phi) is 5.31. The molecule has 2 N–H and O–H groups in total. The standard InChI is InChI=1S/C25H21FN2O6/c1-12(2)31-19-10-17-20(9-16(19)21-11-18(28-34-21)13-3-4-13)32-23(14-5-7-15(26)8-6-14)22(17)24(29)33-25(27)30/h5-13H,3-4H2,1-2H3,(H2,27,30). The molecule has 0 saturated heterocycles. The summed E-state index contributed by atoms with van der Waals surface area (Å²) >= 11 is 0. The first-order valence-electron chi connectivity index (χ1n) is 10.8. The van der Waals surface area contributed by atoms with Crippen LogP contribution in [-0.4, -0.2) is 23.3 Å². The monoisotopic (exact) mass is 464 g/mol. The Morgan fingerprint density at radius 3 is 2.53 bits per heavy atom. The zero-order chi connectivity index (χ0) is 24.0. The molecule has 2 aromatic carbocycles. The molecule has 174 valence electrons. The Balaban J connectivity index is 1.72. The van der Waals surface area contributed by atoms with Crippen molar-refractivity contribution in [2.24, 2.45) is 5.73 Å². The fraction of sp³-hybridized carbons (Fsp3) is 0.240. The summed E-state index contributed by atoms with van der Waals surface area (Å²) in [6.45, 7) is 3.73. The van der Waals surface area contributed by atoms with Crippen molar-refractivity contribution in [2.75, 3.05) is 0 Å². The third-order valence-corrected chi connectivity index (χ3v) is 5.45. The molecule has 2 aromatic heterocycles. The molecule has 0 spiro atoms. The average molecular weight is 464 g/mol. The number of nitrogens with two attached hydrogens (primary N) is 1. The second-order valence-corrected chi connectivity index (χ2v) is 8.42. The number of halogens is 1. The van der Waals surface area contributed by atoms with Crippen molar-refractivity contribution < 1.29 is 32.4 Å². The molecule has 0 aliphatic heterocycles. The van der Waals surface area contributed by atoms with Gasteiger partial charge in [0.1, 0.15) is 28.5 Å². The minimum atomic E-state index is -1.26. The Labute approximate surface area is 193 Å². The van der Waals surface area contributed by atoms with Crippen LogP contribution in [0.1, 0.15) is 48.7 Å². The molecular weight excluding hydrogens is 443 g/mol. The molecule has 0 atom stereocenters. The van der Waals surface area contributed by atoms with E-state index in [2.05, 4.69) is 9.89 Å². The smallest absolute Gasteiger partial charge is 0.412 e. The molecule has 0 unspecified atom stereocenters. The number of benzene rings is 2. The molecule has 8 nitrogen and oxygen atoms in total. The quantitative estimate of drug-likeness (QED) is 0.283. The highest BCUT2D eigenvalue weighted by atomic mass is 19.1. The second kappa shape index (κ2) is 8.33. The van der Waals surface area contributed by atoms with Crippen molar-refractivity contribution in [3.63, 3.8) is 0 Å². The summed E-state index contributed by atoms with van der Waals surface area (Å²) in [6.07, 6.45) is 0.705. The maximum Gasteiger partial charge on any atom is 0.412 e. The lowest BCUT2D eigenvalue weighted by atomic mass is 10.0. The van der Waals surface area contributed by atoms with E-state index in [1.807, 2.05) is 19.9 Å². The van der Waals surface area contributed by atoms with Crippen LogP contribution in [0.5, 0.6) is 5.75 Å². The van der Waals surface area contributed by atoms with E-state index in [4.69, 9.17) is 19.4 Å². The van der Waals surface area contributed by atoms with E-state index >= 15 is 0 Å². The summed E-state index contributed by atoms with van der Waals surface area (Å²) in [5.74, 6) is -0.0111. The van der Waals surface area contributed by atoms with Gasteiger partial charge < -0.3 is 24.1 Å². The van der Waals surface area contributed by atoms with E-state index in [1.54, 1.807) is 12.1 Å². The molecule has 9 heteroatoms. The summed E-state index contributed by atoms with van der Waals surface area (Å²) in [5, 5.41) is 4.51. The van der Waals surface area contributed by atoms with Crippen LogP contribution in [0.4, 0.5) is 9.18 Å². The molecule has 1 saturated carbocycles. The van der Waals surface area contributed by atoms with Gasteiger partial charge in [0.2, 0.25) is 0 Å². The first-order valence-corrected chi connectivity index (χ1v) is 10.8. The Morgan fingerprint density at radius 2 is 1.88 bits per heavy atom. The van der Waals surface area contributed by atoms with Crippen LogP contribution < -0.4 is 10.5 Å². The third-order valence-electron chi connectivity index (χ3n) is 5.45. The van der Waals surface area contributed by atoms with Gasteiger partial charge in [0.25, 0.3) is 0 Å². The predicted molar refractivity (Wildman–Crippen MR) is 120 cm³/mol. The van der Waals surface area contributed by atoms with Crippen molar-refractivity contribution in [1.29, 1.82) is 0 Å². The summed E-state index contributed by atoms with van der Waals surface area (Å²) in [7, 11) is 0. The highest BCUT2D eigenvalue weighted by Crippen LogP contribution is 2.44. The normalized spacial score (nSPS) is 13.4. The lowest BCUT2D eigenvalue weighted by molar-refractivity contribution is 0.0640. The fourth-order valence-corrected chi connectivity index (χ4v) is 3.80. The molecule has 1 amide bonds. The van der Waals surface area contributed by atoms with Gasteiger partial charge in [-0.05, 0) is 63.1 Å². The van der Waals surface area contributed by atoms with Crippen molar-refractivity contribution in [1.82, 2.24) is 5.16 Å². The van der Waals surface area contributed by atoms with E-state index < -0.39 is 17.9 Å². The number of furan rings is 1. The molecule has 5 rings (SSSR count). The predicted octanol–water partition coefficient (Wildman–Crippen LogP) is 5.79. The number of esters is 1. The van der Waals surface area contributed by atoms with Gasteiger partial charge in [-0.25, -0.2) is 14.0 Å². The summed E-state index contributed by atoms with van der Waals surface area (Å²) in [5.41, 5.74) is 7.24. The number of fused-ring (bicyclic) bond motifs is 1. The van der Waals surface area contributed by atoms with Gasteiger partial charge in [0, 0.05) is 22.9 Å². The number of rotatable bonds is 6. The van der Waals surface area contributed by atoms with Crippen LogP contribution in [0.3, 0.4) is 0 Å². The maximum absolute atomic E-state index is 13.5. The number of ether oxygens (including phenoxy) is 2. The van der Waals surface area contributed by atoms with Crippen LogP contribution in [0, 0.1) is 5.82 Å². The van der Waals surface area contributed by atoms with Crippen LogP contribution in [0.25, 0.3) is 33.6 Å². The molecule has 0 bridgehead atoms. The van der Waals surface area contributed by atoms with Crippen molar-refractivity contribution in [3.8, 4) is 28.4 Å². The number of amides is 1. The number of hydrogen-bond donors (Lipinski definition) is 1. The van der Waals surface area contributed by atoms with E-state index in [0.717, 1.165) is 18.5 Å². The minimum absolute atomic E-state index is 0.0307. The zero-order valence-electron chi connectivity index (χ0n) is 18.5. The van der Waals surface area contributed by atoms with Gasteiger partial charge in [-0.15, -0.1) is 0 Å². The number of nitrogens with zero attached hydrogens (tertiary/aromatic N) is 1. The number of aromatic nitrogens is 1. The molecule has 4 aromatic rings. The van der Waals surface area contributed by atoms with Gasteiger partial charge in [-0.1, -0.05) is 5.16 Å². The molecule has 1 fully saturated rings. The largest absolute Gasteiger partial charge is 0.490 e. The van der Waals surface area contributed by atoms with Gasteiger partial charge in [0.05, 0.1) is 17.4 Å². The van der Waals surface area contributed by atoms with Crippen molar-refractivity contribution in [3.05, 3.63) is 59.5 Å². The van der Waals surface area contributed by atoms with Crippen molar-refractivity contribution >= 4 is 23.0 Å². The van der Waals surface area contributed by atoms with Crippen LogP contribution in [0.15, 0.2) is 51.4 Å². The van der Waals surface area contributed by atoms with Crippen LogP contribution in [-0.2, 0) is 4.74 Å². The van der Waals surface area contributed by atoms with E-state index in [1.165, 1.54) is 24.3 Å². The van der Waals surface area contributed by atoms with Crippen LogP contribution in [0.2, 0.25) is 0 Å². The fourth-order valence-electron chi connectivity index (χ4n) is 3.80. The SMILES string of the molecule is CC(C)Oc1cc2c(C(=O)OC(N)=O)c(-c3ccc(F)cc3)oc2cc1-c1cc(C2CC2)no1. The van der Waals surface area contributed by atoms with Crippen LogP contribution >= 0.6 is 0 Å². The number of carbonyl (C=O) groups excluding carboxylic acids is 2. The van der Waals surface area contributed by atoms with Crippen molar-refractivity contribution in [2.45, 2.75) is 38.7 Å². The maximum atomic E-state index is 13.5. The summed E-state index contributed by atoms with van der Waals surface area (Å²) < 4.78 is 35.8. The lowest BCUT2D eigenvalue weighted by Gasteiger charge is -2.13. The summed E-state index contributed by atoms with van der Waals surface area (Å²) in [4.78, 5) is 24.1. The van der Waals surface area contributed by atoms with E-state index in [9.17, 15) is 14.0 Å². The van der Waals surface area contributed by atoms with E-state index in [0.29, 0.717) is 39.5 Å². The average Bonchev–Trinajstić information content (AvgIpc) is 3.38. The molecule has 1 aliphatic carbocycles. The number of primary amides is 1. The highest BCUT2D eigenvalue weighted by molar-refractivity contribution is 6.12. The first kappa shape index (κ1) is 21.7. The Hall–Kier alpha value is -4.14. The lowest BCUT2D eigenvalue weighted by Crippen LogP contribution is -2.18. The number of carbonyl (C=O) groups is 2. The van der Waals surface area contributed by atoms with Gasteiger partial charge in [-0.2, -0.15) is 0 Å². The molecule has 2 heterocycles. The van der Waals surface area contributed by atoms with Gasteiger partial charge in [0.15, 0.2) is 5.76 Å². The third kappa shape index (κ3) is 4.12. The highest BCUT2D eigenvalue weighted by Gasteiger charge is 2.30. The molecule has 34 heavy (non-hydrogen) atoms. The second-order valence-electron chi connectivity index (χ2n) is 8.42. The van der Waals surface area contributed by atoms with Gasteiger partial charge >= 0.3 is 12.1 Å². The molecule has 0 radical (unpaired) electrons. The molecular formula is C25H21FN2O6. The summed E-state index contributed by atoms with van der Waals surface area (Å²) in [6, 6.07) is 10.6. The minimum Gasteiger partial charge on any atom is -0.490 e. The zero-order valence-corrected chi connectivity index (χ0v) is 18.5. The first-order chi connectivity index (χ1) is 16.3. The topological polar surface area (TPSA) is 118 Å². The van der Waals surface area contributed by atoms with Gasteiger partial charge in [-0.3, -0.25) is 0 Å². The van der Waals surface area contributed by atoms with E-state index in [-0.39, 0.29) is 17.4 Å².